The van der Waals surface area contributed by atoms with Crippen molar-refractivity contribution in [2.45, 2.75) is 24.7 Å². The number of carbonyl (C=O) groups is 1. The van der Waals surface area contributed by atoms with Crippen LogP contribution in [0.4, 0.5) is 0 Å². The Labute approximate surface area is 110 Å². The molecule has 4 atom stereocenters. The average molecular weight is 299 g/mol. The topological polar surface area (TPSA) is 170 Å². The summed E-state index contributed by atoms with van der Waals surface area (Å²) in [5.74, 6) is -1.40. The van der Waals surface area contributed by atoms with Crippen LogP contribution in [0.3, 0.4) is 0 Å². The highest BCUT2D eigenvalue weighted by molar-refractivity contribution is 7.34. The third kappa shape index (κ3) is 11.9. The van der Waals surface area contributed by atoms with E-state index in [2.05, 4.69) is 6.58 Å². The summed E-state index contributed by atoms with van der Waals surface area (Å²) in [6.45, 7) is 2.21. The molecule has 0 rings (SSSR count). The minimum atomic E-state index is -2.97. The molecule has 10 heteroatoms. The lowest BCUT2D eigenvalue weighted by atomic mass is 10.1. The molecule has 0 heterocycles. The molecule has 19 heavy (non-hydrogen) atoms. The van der Waals surface area contributed by atoms with Crippen molar-refractivity contribution >= 4 is 14.1 Å². The highest BCUT2D eigenvalue weighted by atomic mass is 31.1. The Morgan fingerprint density at radius 2 is 1.84 bits per heavy atom. The first kappa shape index (κ1) is 20.4. The third-order valence-corrected chi connectivity index (χ3v) is 2.30. The second-order valence-electron chi connectivity index (χ2n) is 3.30. The normalized spacial score (nSPS) is 15.5. The maximum atomic E-state index is 9.98. The van der Waals surface area contributed by atoms with Crippen molar-refractivity contribution in [2.75, 3.05) is 13.2 Å². The monoisotopic (exact) mass is 299 g/mol. The number of hydrogen-bond donors (Lipinski definition) is 6. The van der Waals surface area contributed by atoms with Crippen LogP contribution in [0.2, 0.25) is 0 Å². The van der Waals surface area contributed by atoms with E-state index in [1.807, 2.05) is 0 Å². The number of aliphatic hydroxyl groups excluding tert-OH is 4. The smallest absolute Gasteiger partial charge is 0.409 e. The van der Waals surface area contributed by atoms with E-state index in [0.717, 1.165) is 0 Å². The van der Waals surface area contributed by atoms with E-state index in [0.29, 0.717) is 6.42 Å². The van der Waals surface area contributed by atoms with Crippen LogP contribution in [0.5, 0.6) is 0 Å². The van der Waals surface area contributed by atoms with Crippen molar-refractivity contribution in [3.8, 4) is 0 Å². The van der Waals surface area contributed by atoms with Gasteiger partial charge < -0.3 is 30.4 Å². The summed E-state index contributed by atoms with van der Waals surface area (Å²) < 4.78 is 9.82. The van der Waals surface area contributed by atoms with Crippen LogP contribution >= 0.6 is 8.18 Å². The fourth-order valence-electron chi connectivity index (χ4n) is 0.751. The van der Waals surface area contributed by atoms with Crippen LogP contribution in [0.25, 0.3) is 0 Å². The van der Waals surface area contributed by atoms with Gasteiger partial charge in [0.05, 0.1) is 19.3 Å². The first-order valence-corrected chi connectivity index (χ1v) is 6.29. The van der Waals surface area contributed by atoms with Crippen molar-refractivity contribution < 1.29 is 39.8 Å². The van der Waals surface area contributed by atoms with E-state index in [9.17, 15) is 14.3 Å². The van der Waals surface area contributed by atoms with E-state index in [-0.39, 0.29) is 0 Å². The van der Waals surface area contributed by atoms with Gasteiger partial charge in [0.1, 0.15) is 6.10 Å². The Balaban J connectivity index is 0. The zero-order chi connectivity index (χ0) is 15.4. The van der Waals surface area contributed by atoms with Crippen LogP contribution in [0.1, 0.15) is 6.42 Å². The summed E-state index contributed by atoms with van der Waals surface area (Å²) in [5.41, 5.74) is 0. The Morgan fingerprint density at radius 3 is 2.05 bits per heavy atom. The average Bonchev–Trinajstić information content (AvgIpc) is 2.35. The summed E-state index contributed by atoms with van der Waals surface area (Å²) in [4.78, 5) is 19.8. The van der Waals surface area contributed by atoms with Crippen LogP contribution < -0.4 is 9.98 Å². The largest absolute Gasteiger partial charge is 0.578 e. The van der Waals surface area contributed by atoms with Gasteiger partial charge in [0.2, 0.25) is 0 Å². The van der Waals surface area contributed by atoms with Crippen LogP contribution in [0.15, 0.2) is 12.7 Å². The predicted molar refractivity (Wildman–Crippen MR) is 63.2 cm³/mol. The standard InChI is InChI=1S/C6H12O3.C3H6NO5P/c1-2-3-5(8)6(9)4-7;5-1-2(3(6)7)4-10(8)9/h2,5-9H,1,3-4H2;2,5H,1H2,(H,6,7)(H,4,8,9). The third-order valence-electron chi connectivity index (χ3n) is 1.78. The van der Waals surface area contributed by atoms with E-state index < -0.39 is 45.6 Å². The van der Waals surface area contributed by atoms with Crippen molar-refractivity contribution in [1.82, 2.24) is 5.09 Å². The molecule has 112 valence electrons. The number of carboxylic acid groups (broad SMARTS) is 1. The number of hydrogen-bond acceptors (Lipinski definition) is 7. The fourth-order valence-corrected chi connectivity index (χ4v) is 1.20. The maximum Gasteiger partial charge on any atom is 0.409 e. The molecule has 4 unspecified atom stereocenters. The predicted octanol–water partition coefficient (Wildman–Crippen LogP) is -2.68. The minimum absolute atomic E-state index is 0.307. The van der Waals surface area contributed by atoms with E-state index in [1.54, 1.807) is 5.09 Å². The molecule has 9 nitrogen and oxygen atoms in total. The molecule has 0 saturated carbocycles. The first-order chi connectivity index (χ1) is 8.79. The number of rotatable bonds is 8. The van der Waals surface area contributed by atoms with E-state index in [1.165, 1.54) is 6.08 Å². The summed E-state index contributed by atoms with van der Waals surface area (Å²) in [6.07, 6.45) is -0.124. The van der Waals surface area contributed by atoms with Crippen LogP contribution in [0, 0.1) is 0 Å². The first-order valence-electron chi connectivity index (χ1n) is 5.12. The van der Waals surface area contributed by atoms with Crippen molar-refractivity contribution in [2.24, 2.45) is 0 Å². The fraction of sp³-hybridized carbons (Fsp3) is 0.667. The molecule has 0 aromatic carbocycles. The zero-order valence-electron chi connectivity index (χ0n) is 10.0. The number of carboxylic acids is 1. The van der Waals surface area contributed by atoms with Gasteiger partial charge in [-0.25, -0.2) is 0 Å². The second-order valence-corrected chi connectivity index (χ2v) is 4.07. The molecular formula is C9H18NO8P. The van der Waals surface area contributed by atoms with Gasteiger partial charge in [-0.2, -0.15) is 0 Å². The van der Waals surface area contributed by atoms with Crippen LogP contribution in [-0.4, -0.2) is 63.0 Å². The van der Waals surface area contributed by atoms with Crippen molar-refractivity contribution in [1.29, 1.82) is 0 Å². The van der Waals surface area contributed by atoms with Gasteiger partial charge in [-0.15, -0.1) is 6.58 Å². The molecule has 0 fully saturated rings. The quantitative estimate of drug-likeness (QED) is 0.206. The van der Waals surface area contributed by atoms with Crippen molar-refractivity contribution in [3.63, 3.8) is 0 Å². The number of aliphatic hydroxyl groups is 4. The molecule has 0 aliphatic carbocycles. The molecular weight excluding hydrogens is 281 g/mol. The van der Waals surface area contributed by atoms with E-state index in [4.69, 9.17) is 25.5 Å². The lowest BCUT2D eigenvalue weighted by Gasteiger charge is -2.12. The van der Waals surface area contributed by atoms with Gasteiger partial charge in [0.15, 0.2) is 6.04 Å². The Hall–Kier alpha value is -0.930. The Bertz CT molecular complexity index is 287. The molecule has 0 aliphatic rings. The number of nitrogens with one attached hydrogen (secondary N) is 1. The lowest BCUT2D eigenvalue weighted by Crippen LogP contribution is -2.36. The van der Waals surface area contributed by atoms with Gasteiger partial charge in [-0.05, 0) is 6.42 Å². The summed E-state index contributed by atoms with van der Waals surface area (Å²) in [5, 5.41) is 43.8. The van der Waals surface area contributed by atoms with Gasteiger partial charge in [-0.3, -0.25) is 4.79 Å². The molecule has 0 aromatic heterocycles. The SMILES string of the molecule is C=CCC(O)C(O)CO.O=C(O)C(CO)N[P+](=O)[O-]. The van der Waals surface area contributed by atoms with Gasteiger partial charge in [0, 0.05) is 0 Å². The highest BCUT2D eigenvalue weighted by Gasteiger charge is 2.20. The second kappa shape index (κ2) is 12.1. The minimum Gasteiger partial charge on any atom is -0.578 e. The summed E-state index contributed by atoms with van der Waals surface area (Å²) in [6, 6.07) is -1.43. The molecule has 0 aliphatic heterocycles. The molecule has 0 radical (unpaired) electrons. The van der Waals surface area contributed by atoms with Crippen molar-refractivity contribution in [3.05, 3.63) is 12.7 Å². The van der Waals surface area contributed by atoms with Gasteiger partial charge in [-0.1, -0.05) is 15.7 Å². The van der Waals surface area contributed by atoms with Gasteiger partial charge >= 0.3 is 14.1 Å². The van der Waals surface area contributed by atoms with Crippen LogP contribution in [-0.2, 0) is 9.36 Å². The maximum absolute atomic E-state index is 9.98. The lowest BCUT2D eigenvalue weighted by molar-refractivity contribution is -0.169. The van der Waals surface area contributed by atoms with E-state index >= 15 is 0 Å². The van der Waals surface area contributed by atoms with Gasteiger partial charge in [0.25, 0.3) is 0 Å². The number of aliphatic carboxylic acids is 1. The Kier molecular flexibility index (Phi) is 13.0. The molecule has 0 aromatic rings. The highest BCUT2D eigenvalue weighted by Crippen LogP contribution is 2.00. The molecule has 0 saturated heterocycles. The molecule has 0 amide bonds. The Morgan fingerprint density at radius 1 is 1.32 bits per heavy atom. The molecule has 0 spiro atoms. The summed E-state index contributed by atoms with van der Waals surface area (Å²) >= 11 is 0. The summed E-state index contributed by atoms with van der Waals surface area (Å²) in [7, 11) is -2.97. The molecule has 6 N–H and O–H groups in total. The molecule has 0 bridgehead atoms. The zero-order valence-corrected chi connectivity index (χ0v) is 10.9.